The lowest BCUT2D eigenvalue weighted by Gasteiger charge is -2.23. The van der Waals surface area contributed by atoms with E-state index in [9.17, 15) is 14.4 Å². The first-order valence-corrected chi connectivity index (χ1v) is 6.79. The molecule has 2 rings (SSSR count). The van der Waals surface area contributed by atoms with E-state index in [-0.39, 0.29) is 17.4 Å². The molecule has 0 bridgehead atoms. The first-order chi connectivity index (χ1) is 9.32. The molecule has 2 aliphatic rings. The van der Waals surface area contributed by atoms with Gasteiger partial charge in [-0.25, -0.2) is 9.69 Å². The molecule has 0 aromatic carbocycles. The van der Waals surface area contributed by atoms with Gasteiger partial charge in [-0.1, -0.05) is 13.5 Å². The molecule has 2 unspecified atom stereocenters. The Morgan fingerprint density at radius 1 is 1.35 bits per heavy atom. The zero-order chi connectivity index (χ0) is 15.0. The maximum Gasteiger partial charge on any atom is 0.335 e. The van der Waals surface area contributed by atoms with E-state index >= 15 is 0 Å². The van der Waals surface area contributed by atoms with Crippen LogP contribution in [0.4, 0.5) is 0 Å². The molecule has 0 spiro atoms. The average molecular weight is 277 g/mol. The van der Waals surface area contributed by atoms with Gasteiger partial charge in [-0.2, -0.15) is 0 Å². The van der Waals surface area contributed by atoms with E-state index in [4.69, 9.17) is 4.74 Å². The molecule has 0 aromatic rings. The van der Waals surface area contributed by atoms with Crippen LogP contribution in [-0.2, 0) is 19.1 Å². The van der Waals surface area contributed by atoms with Crippen LogP contribution in [0.3, 0.4) is 0 Å². The molecule has 5 heteroatoms. The van der Waals surface area contributed by atoms with E-state index in [2.05, 4.69) is 13.5 Å². The first kappa shape index (κ1) is 14.5. The topological polar surface area (TPSA) is 63.7 Å². The molecule has 20 heavy (non-hydrogen) atoms. The number of carbonyl (C=O) groups excluding carboxylic acids is 3. The molecule has 1 aliphatic heterocycles. The summed E-state index contributed by atoms with van der Waals surface area (Å²) in [5, 5.41) is 0. The van der Waals surface area contributed by atoms with Crippen LogP contribution in [-0.4, -0.2) is 28.9 Å². The van der Waals surface area contributed by atoms with Gasteiger partial charge in [0.2, 0.25) is 0 Å². The third kappa shape index (κ3) is 2.40. The first-order valence-electron chi connectivity index (χ1n) is 6.79. The molecule has 0 saturated heterocycles. The van der Waals surface area contributed by atoms with Gasteiger partial charge < -0.3 is 4.74 Å². The summed E-state index contributed by atoms with van der Waals surface area (Å²) in [7, 11) is 0. The fourth-order valence-electron chi connectivity index (χ4n) is 2.59. The van der Waals surface area contributed by atoms with E-state index in [1.165, 1.54) is 13.8 Å². The fraction of sp³-hybridized carbons (Fsp3) is 0.533. The summed E-state index contributed by atoms with van der Waals surface area (Å²) in [5.74, 6) is -0.840. The number of carbonyl (C=O) groups is 3. The molecule has 0 fully saturated rings. The van der Waals surface area contributed by atoms with E-state index in [1.807, 2.05) is 0 Å². The zero-order valence-electron chi connectivity index (χ0n) is 12.1. The summed E-state index contributed by atoms with van der Waals surface area (Å²) in [4.78, 5) is 37.2. The molecule has 0 saturated carbocycles. The summed E-state index contributed by atoms with van der Waals surface area (Å²) in [6.07, 6.45) is 1.25. The van der Waals surface area contributed by atoms with Gasteiger partial charge in [0, 0.05) is 16.7 Å². The minimum absolute atomic E-state index is 0.238. The van der Waals surface area contributed by atoms with Crippen molar-refractivity contribution in [1.82, 2.24) is 4.90 Å². The summed E-state index contributed by atoms with van der Waals surface area (Å²) >= 11 is 0. The summed E-state index contributed by atoms with van der Waals surface area (Å²) in [6, 6.07) is 0. The van der Waals surface area contributed by atoms with Gasteiger partial charge in [-0.3, -0.25) is 9.59 Å². The number of amides is 2. The van der Waals surface area contributed by atoms with Gasteiger partial charge in [-0.15, -0.1) is 0 Å². The Morgan fingerprint density at radius 3 is 2.55 bits per heavy atom. The molecule has 0 N–H and O–H groups in total. The highest BCUT2D eigenvalue weighted by Gasteiger charge is 2.43. The van der Waals surface area contributed by atoms with Gasteiger partial charge >= 0.3 is 5.97 Å². The predicted octanol–water partition coefficient (Wildman–Crippen LogP) is 1.94. The number of nitrogens with zero attached hydrogens (tertiary/aromatic N) is 1. The van der Waals surface area contributed by atoms with E-state index in [1.54, 1.807) is 0 Å². The molecular weight excluding hydrogens is 258 g/mol. The van der Waals surface area contributed by atoms with Crippen molar-refractivity contribution in [2.75, 3.05) is 0 Å². The van der Waals surface area contributed by atoms with Crippen LogP contribution in [0.1, 0.15) is 40.0 Å². The van der Waals surface area contributed by atoms with E-state index in [0.29, 0.717) is 29.9 Å². The van der Waals surface area contributed by atoms with Crippen molar-refractivity contribution in [3.05, 3.63) is 23.3 Å². The Labute approximate surface area is 118 Å². The Bertz CT molecular complexity index is 532. The summed E-state index contributed by atoms with van der Waals surface area (Å²) in [5.41, 5.74) is 1.42. The lowest BCUT2D eigenvalue weighted by molar-refractivity contribution is -0.161. The lowest BCUT2D eigenvalue weighted by Crippen LogP contribution is -2.42. The molecule has 1 heterocycles. The van der Waals surface area contributed by atoms with Crippen molar-refractivity contribution < 1.29 is 19.1 Å². The molecule has 0 radical (unpaired) electrons. The maximum absolute atomic E-state index is 12.3. The molecule has 2 amide bonds. The third-order valence-electron chi connectivity index (χ3n) is 3.75. The van der Waals surface area contributed by atoms with Crippen molar-refractivity contribution in [1.29, 1.82) is 0 Å². The monoisotopic (exact) mass is 277 g/mol. The van der Waals surface area contributed by atoms with Crippen LogP contribution in [0.5, 0.6) is 0 Å². The minimum atomic E-state index is -0.903. The average Bonchev–Trinajstić information content (AvgIpc) is 2.61. The highest BCUT2D eigenvalue weighted by molar-refractivity contribution is 6.19. The molecule has 108 valence electrons. The number of hydrogen-bond donors (Lipinski definition) is 0. The SMILES string of the molecule is C=C(C)C(=O)OC(C)N1C(=O)C2=C(CC(C)CC2)C1=O. The number of imide groups is 1. The van der Waals surface area contributed by atoms with Crippen LogP contribution >= 0.6 is 0 Å². The second-order valence-corrected chi connectivity index (χ2v) is 5.57. The Balaban J connectivity index is 2.16. The Morgan fingerprint density at radius 2 is 1.95 bits per heavy atom. The van der Waals surface area contributed by atoms with Crippen molar-refractivity contribution in [2.45, 2.75) is 46.3 Å². The smallest absolute Gasteiger partial charge is 0.335 e. The molecule has 0 aromatic heterocycles. The van der Waals surface area contributed by atoms with Crippen LogP contribution in [0.25, 0.3) is 0 Å². The fourth-order valence-corrected chi connectivity index (χ4v) is 2.59. The quantitative estimate of drug-likeness (QED) is 0.449. The van der Waals surface area contributed by atoms with Gasteiger partial charge in [-0.05, 0) is 39.0 Å². The van der Waals surface area contributed by atoms with Crippen molar-refractivity contribution >= 4 is 17.8 Å². The van der Waals surface area contributed by atoms with Gasteiger partial charge in [0.05, 0.1) is 0 Å². The van der Waals surface area contributed by atoms with Gasteiger partial charge in [0.25, 0.3) is 11.8 Å². The number of hydrogen-bond acceptors (Lipinski definition) is 4. The number of esters is 1. The molecule has 2 atom stereocenters. The third-order valence-corrected chi connectivity index (χ3v) is 3.75. The highest BCUT2D eigenvalue weighted by Crippen LogP contribution is 2.36. The lowest BCUT2D eigenvalue weighted by atomic mass is 9.86. The second-order valence-electron chi connectivity index (χ2n) is 5.57. The summed E-state index contributed by atoms with van der Waals surface area (Å²) in [6.45, 7) is 8.59. The van der Waals surface area contributed by atoms with Gasteiger partial charge in [0.15, 0.2) is 6.23 Å². The minimum Gasteiger partial charge on any atom is -0.438 e. The standard InChI is InChI=1S/C15H19NO4/c1-8(2)15(19)20-10(4)16-13(17)11-6-5-9(3)7-12(11)14(16)18/h9-10H,1,5-7H2,2-4H3. The van der Waals surface area contributed by atoms with Crippen LogP contribution in [0.15, 0.2) is 23.3 Å². The van der Waals surface area contributed by atoms with Gasteiger partial charge in [0.1, 0.15) is 0 Å². The zero-order valence-corrected chi connectivity index (χ0v) is 12.1. The van der Waals surface area contributed by atoms with Crippen molar-refractivity contribution in [3.63, 3.8) is 0 Å². The largest absolute Gasteiger partial charge is 0.438 e. The van der Waals surface area contributed by atoms with Crippen molar-refractivity contribution in [2.24, 2.45) is 5.92 Å². The number of ether oxygens (including phenoxy) is 1. The van der Waals surface area contributed by atoms with Crippen molar-refractivity contribution in [3.8, 4) is 0 Å². The van der Waals surface area contributed by atoms with E-state index < -0.39 is 12.2 Å². The summed E-state index contributed by atoms with van der Waals surface area (Å²) < 4.78 is 5.09. The molecule has 5 nitrogen and oxygen atoms in total. The highest BCUT2D eigenvalue weighted by atomic mass is 16.6. The maximum atomic E-state index is 12.3. The van der Waals surface area contributed by atoms with Crippen LogP contribution < -0.4 is 0 Å². The second kappa shape index (κ2) is 5.23. The number of rotatable bonds is 3. The molecule has 1 aliphatic carbocycles. The normalized spacial score (nSPS) is 23.8. The Kier molecular flexibility index (Phi) is 3.79. The van der Waals surface area contributed by atoms with Crippen LogP contribution in [0, 0.1) is 5.92 Å². The van der Waals surface area contributed by atoms with E-state index in [0.717, 1.165) is 11.3 Å². The Hall–Kier alpha value is -1.91. The molecular formula is C15H19NO4. The predicted molar refractivity (Wildman–Crippen MR) is 72.3 cm³/mol. The van der Waals surface area contributed by atoms with Crippen LogP contribution in [0.2, 0.25) is 0 Å².